The molecule has 56 valence electrons. The van der Waals surface area contributed by atoms with Crippen molar-refractivity contribution < 1.29 is 23.3 Å². The van der Waals surface area contributed by atoms with Crippen LogP contribution in [0.2, 0.25) is 0 Å². The Morgan fingerprint density at radius 2 is 2.40 bits per heavy atom. The topological polar surface area (TPSA) is 92.8 Å². The summed E-state index contributed by atoms with van der Waals surface area (Å²) in [4.78, 5) is 19.7. The first-order chi connectivity index (χ1) is 4.58. The summed E-state index contributed by atoms with van der Waals surface area (Å²) in [6.07, 6.45) is 1.92. The molecule has 10 heavy (non-hydrogen) atoms. The third-order valence-corrected chi connectivity index (χ3v) is 1.00. The molecule has 1 heterocycles. The van der Waals surface area contributed by atoms with Gasteiger partial charge >= 0.3 is 13.9 Å². The van der Waals surface area contributed by atoms with Crippen molar-refractivity contribution in [1.82, 2.24) is 4.98 Å². The summed E-state index contributed by atoms with van der Waals surface area (Å²) in [5, 5.41) is 0. The molecule has 0 aliphatic heterocycles. The fourth-order valence-corrected chi connectivity index (χ4v) is 0.651. The Hall–Kier alpha value is -0.840. The van der Waals surface area contributed by atoms with Crippen molar-refractivity contribution in [3.63, 3.8) is 0 Å². The first-order valence-corrected chi connectivity index (χ1v) is 3.75. The number of phosphoric acid groups is 1. The molecule has 0 spiro atoms. The van der Waals surface area contributed by atoms with E-state index in [-0.39, 0.29) is 0 Å². The number of nitrogens with zero attached hydrogens (tertiary/aromatic N) is 1. The Morgan fingerprint density at radius 3 is 2.80 bits per heavy atom. The summed E-state index contributed by atoms with van der Waals surface area (Å²) < 4.78 is 18.4. The van der Waals surface area contributed by atoms with E-state index in [4.69, 9.17) is 9.79 Å². The van der Waals surface area contributed by atoms with E-state index in [9.17, 15) is 4.57 Å². The molecular formula is C3H4NO5P. The van der Waals surface area contributed by atoms with Gasteiger partial charge in [0.1, 0.15) is 6.26 Å². The van der Waals surface area contributed by atoms with Crippen LogP contribution in [0.5, 0.6) is 6.08 Å². The molecule has 2 N–H and O–H groups in total. The summed E-state index contributed by atoms with van der Waals surface area (Å²) in [6.45, 7) is 0. The highest BCUT2D eigenvalue weighted by Gasteiger charge is 2.18. The van der Waals surface area contributed by atoms with Gasteiger partial charge in [-0.05, 0) is 0 Å². The van der Waals surface area contributed by atoms with Crippen LogP contribution in [0.4, 0.5) is 0 Å². The Kier molecular flexibility index (Phi) is 1.76. The molecule has 0 aliphatic rings. The molecule has 0 atom stereocenters. The van der Waals surface area contributed by atoms with Crippen LogP contribution in [0.3, 0.4) is 0 Å². The van der Waals surface area contributed by atoms with Crippen molar-refractivity contribution in [1.29, 1.82) is 0 Å². The van der Waals surface area contributed by atoms with Crippen molar-refractivity contribution in [3.8, 4) is 6.08 Å². The maximum absolute atomic E-state index is 10.1. The van der Waals surface area contributed by atoms with Crippen molar-refractivity contribution in [2.45, 2.75) is 0 Å². The molecule has 0 aromatic carbocycles. The Balaban J connectivity index is 2.66. The van der Waals surface area contributed by atoms with Crippen molar-refractivity contribution in [2.24, 2.45) is 0 Å². The third-order valence-electron chi connectivity index (χ3n) is 0.607. The second-order valence-electron chi connectivity index (χ2n) is 1.38. The summed E-state index contributed by atoms with van der Waals surface area (Å²) in [7, 11) is -4.51. The lowest BCUT2D eigenvalue weighted by atomic mass is 11.0. The zero-order valence-electron chi connectivity index (χ0n) is 4.67. The number of aromatic nitrogens is 1. The summed E-state index contributed by atoms with van der Waals surface area (Å²) >= 11 is 0. The van der Waals surface area contributed by atoms with Crippen LogP contribution in [0, 0.1) is 0 Å². The number of hydrogen-bond donors (Lipinski definition) is 2. The minimum absolute atomic E-state index is 0.437. The molecule has 0 bridgehead atoms. The second-order valence-corrected chi connectivity index (χ2v) is 2.54. The molecule has 0 fully saturated rings. The summed E-state index contributed by atoms with van der Waals surface area (Å²) in [5.41, 5.74) is 0. The van der Waals surface area contributed by atoms with E-state index >= 15 is 0 Å². The largest absolute Gasteiger partial charge is 0.528 e. The van der Waals surface area contributed by atoms with E-state index in [2.05, 4.69) is 13.9 Å². The molecule has 0 saturated carbocycles. The van der Waals surface area contributed by atoms with Crippen LogP contribution in [-0.2, 0) is 4.57 Å². The van der Waals surface area contributed by atoms with Crippen LogP contribution in [0.25, 0.3) is 0 Å². The van der Waals surface area contributed by atoms with Gasteiger partial charge in [-0.3, -0.25) is 9.79 Å². The van der Waals surface area contributed by atoms with Gasteiger partial charge in [0.05, 0.1) is 6.20 Å². The minimum atomic E-state index is -4.51. The summed E-state index contributed by atoms with van der Waals surface area (Å²) in [6, 6.07) is 0. The average molecular weight is 165 g/mol. The van der Waals surface area contributed by atoms with E-state index in [0.29, 0.717) is 0 Å². The standard InChI is InChI=1S/C3H4NO5P/c5-10(6,7)9-3-4-1-2-8-3/h1-2H,(H2,5,6,7). The molecule has 0 unspecified atom stereocenters. The van der Waals surface area contributed by atoms with Gasteiger partial charge in [0.25, 0.3) is 0 Å². The monoisotopic (exact) mass is 165 g/mol. The lowest BCUT2D eigenvalue weighted by Gasteiger charge is -1.99. The maximum Gasteiger partial charge on any atom is 0.528 e. The number of oxazole rings is 1. The van der Waals surface area contributed by atoms with Gasteiger partial charge in [0.2, 0.25) is 0 Å². The summed E-state index contributed by atoms with van der Waals surface area (Å²) in [5.74, 6) is 0. The highest BCUT2D eigenvalue weighted by molar-refractivity contribution is 7.46. The molecule has 1 aromatic heterocycles. The lowest BCUT2D eigenvalue weighted by molar-refractivity contribution is 0.248. The third kappa shape index (κ3) is 2.18. The smallest absolute Gasteiger partial charge is 0.417 e. The molecule has 0 radical (unpaired) electrons. The van der Waals surface area contributed by atoms with Gasteiger partial charge < -0.3 is 8.94 Å². The molecule has 0 aliphatic carbocycles. The zero-order chi connectivity index (χ0) is 7.61. The van der Waals surface area contributed by atoms with Crippen molar-refractivity contribution >= 4 is 7.82 Å². The molecule has 1 rings (SSSR count). The number of hydrogen-bond acceptors (Lipinski definition) is 4. The first-order valence-electron chi connectivity index (χ1n) is 2.22. The second kappa shape index (κ2) is 2.42. The average Bonchev–Trinajstić information content (AvgIpc) is 2.12. The van der Waals surface area contributed by atoms with Crippen LogP contribution < -0.4 is 4.52 Å². The zero-order valence-corrected chi connectivity index (χ0v) is 5.56. The van der Waals surface area contributed by atoms with E-state index in [1.807, 2.05) is 0 Å². The highest BCUT2D eigenvalue weighted by atomic mass is 31.2. The van der Waals surface area contributed by atoms with Crippen LogP contribution in [0.15, 0.2) is 16.9 Å². The Labute approximate surface area is 55.7 Å². The maximum atomic E-state index is 10.1. The van der Waals surface area contributed by atoms with Crippen LogP contribution >= 0.6 is 7.82 Å². The normalized spacial score (nSPS) is 11.4. The van der Waals surface area contributed by atoms with Crippen LogP contribution in [-0.4, -0.2) is 14.8 Å². The van der Waals surface area contributed by atoms with E-state index in [1.54, 1.807) is 0 Å². The quantitative estimate of drug-likeness (QED) is 0.605. The van der Waals surface area contributed by atoms with Gasteiger partial charge in [-0.15, -0.1) is 0 Å². The lowest BCUT2D eigenvalue weighted by Crippen LogP contribution is -1.89. The molecule has 7 heteroatoms. The molecule has 0 amide bonds. The predicted molar refractivity (Wildman–Crippen MR) is 29.2 cm³/mol. The van der Waals surface area contributed by atoms with E-state index in [0.717, 1.165) is 6.26 Å². The van der Waals surface area contributed by atoms with Crippen molar-refractivity contribution in [2.75, 3.05) is 0 Å². The van der Waals surface area contributed by atoms with E-state index < -0.39 is 13.9 Å². The van der Waals surface area contributed by atoms with Gasteiger partial charge in [0, 0.05) is 0 Å². The fourth-order valence-electron chi connectivity index (χ4n) is 0.357. The number of rotatable bonds is 2. The van der Waals surface area contributed by atoms with Gasteiger partial charge in [0.15, 0.2) is 0 Å². The number of phosphoric ester groups is 1. The Bertz CT molecular complexity index is 237. The molecule has 1 aromatic rings. The predicted octanol–water partition coefficient (Wildman–Crippen LogP) is 0.146. The van der Waals surface area contributed by atoms with Gasteiger partial charge in [-0.1, -0.05) is 0 Å². The highest BCUT2D eigenvalue weighted by Crippen LogP contribution is 2.36. The molecule has 6 nitrogen and oxygen atoms in total. The molecular weight excluding hydrogens is 161 g/mol. The van der Waals surface area contributed by atoms with Crippen LogP contribution in [0.1, 0.15) is 0 Å². The first kappa shape index (κ1) is 7.27. The molecule has 0 saturated heterocycles. The van der Waals surface area contributed by atoms with Crippen molar-refractivity contribution in [3.05, 3.63) is 12.5 Å². The Morgan fingerprint density at radius 1 is 1.70 bits per heavy atom. The van der Waals surface area contributed by atoms with E-state index in [1.165, 1.54) is 6.20 Å². The van der Waals surface area contributed by atoms with Gasteiger partial charge in [-0.25, -0.2) is 4.57 Å². The van der Waals surface area contributed by atoms with Gasteiger partial charge in [-0.2, -0.15) is 4.98 Å². The SMILES string of the molecule is O=P(O)(O)Oc1ncco1. The fraction of sp³-hybridized carbons (Fsp3) is 0. The minimum Gasteiger partial charge on any atom is -0.417 e.